The molecule has 1 aliphatic rings. The quantitative estimate of drug-likeness (QED) is 0.865. The average Bonchev–Trinajstić information content (AvgIpc) is 2.96. The Bertz CT molecular complexity index is 638. The summed E-state index contributed by atoms with van der Waals surface area (Å²) >= 11 is 6.02. The minimum atomic E-state index is -0.704. The summed E-state index contributed by atoms with van der Waals surface area (Å²) < 4.78 is 13.3. The Labute approximate surface area is 140 Å². The maximum absolute atomic E-state index is 13.3. The van der Waals surface area contributed by atoms with Crippen molar-refractivity contribution in [2.75, 3.05) is 0 Å². The van der Waals surface area contributed by atoms with E-state index in [4.69, 9.17) is 11.6 Å². The van der Waals surface area contributed by atoms with Gasteiger partial charge in [-0.25, -0.2) is 4.39 Å². The highest BCUT2D eigenvalue weighted by molar-refractivity contribution is 6.30. The Morgan fingerprint density at radius 1 is 1.14 bits per heavy atom. The van der Waals surface area contributed by atoms with Crippen molar-refractivity contribution in [2.45, 2.75) is 31.0 Å². The standard InChI is InChI=1S/C17H17ClFNO.ClH/c18-13-5-1-3-11(9-13)15-7-8-16(20-15)17(21)12-4-2-6-14(19)10-12;/h1-6,9-10,15-17,20-21H,7-8H2;1H/t15-,16+,17-;/m0./s1. The molecular weight excluding hydrogens is 324 g/mol. The molecule has 1 saturated heterocycles. The molecule has 0 bridgehead atoms. The van der Waals surface area contributed by atoms with Gasteiger partial charge in [0, 0.05) is 17.1 Å². The summed E-state index contributed by atoms with van der Waals surface area (Å²) in [6.45, 7) is 0. The minimum Gasteiger partial charge on any atom is -0.387 e. The van der Waals surface area contributed by atoms with Crippen molar-refractivity contribution in [2.24, 2.45) is 0 Å². The molecule has 0 saturated carbocycles. The van der Waals surface area contributed by atoms with E-state index >= 15 is 0 Å². The van der Waals surface area contributed by atoms with Crippen molar-refractivity contribution >= 4 is 24.0 Å². The molecule has 0 aliphatic carbocycles. The van der Waals surface area contributed by atoms with Crippen LogP contribution in [-0.2, 0) is 0 Å². The minimum absolute atomic E-state index is 0. The first-order chi connectivity index (χ1) is 10.1. The van der Waals surface area contributed by atoms with Gasteiger partial charge in [0.2, 0.25) is 0 Å². The van der Waals surface area contributed by atoms with Gasteiger partial charge >= 0.3 is 0 Å². The van der Waals surface area contributed by atoms with Gasteiger partial charge in [-0.2, -0.15) is 0 Å². The zero-order chi connectivity index (χ0) is 14.8. The van der Waals surface area contributed by atoms with E-state index in [-0.39, 0.29) is 30.3 Å². The van der Waals surface area contributed by atoms with Crippen LogP contribution in [0.5, 0.6) is 0 Å². The first kappa shape index (κ1) is 17.2. The van der Waals surface area contributed by atoms with Gasteiger partial charge in [-0.1, -0.05) is 35.9 Å². The van der Waals surface area contributed by atoms with Crippen molar-refractivity contribution in [3.05, 3.63) is 70.5 Å². The molecule has 0 unspecified atom stereocenters. The van der Waals surface area contributed by atoms with Crippen LogP contribution in [-0.4, -0.2) is 11.1 Å². The van der Waals surface area contributed by atoms with Gasteiger partial charge in [0.15, 0.2) is 0 Å². The summed E-state index contributed by atoms with van der Waals surface area (Å²) in [5, 5.41) is 14.5. The zero-order valence-electron chi connectivity index (χ0n) is 11.9. The Balaban J connectivity index is 0.00000176. The highest BCUT2D eigenvalue weighted by atomic mass is 35.5. The largest absolute Gasteiger partial charge is 0.387 e. The SMILES string of the molecule is Cl.O[C@@H](c1cccc(F)c1)[C@H]1CC[C@@H](c2cccc(Cl)c2)N1. The molecule has 2 aromatic rings. The first-order valence-electron chi connectivity index (χ1n) is 7.08. The molecular formula is C17H18Cl2FNO. The van der Waals surface area contributed by atoms with E-state index in [0.717, 1.165) is 18.4 Å². The van der Waals surface area contributed by atoms with Crippen molar-refractivity contribution in [1.82, 2.24) is 5.32 Å². The molecule has 0 aromatic heterocycles. The number of benzene rings is 2. The van der Waals surface area contributed by atoms with Crippen LogP contribution in [0.15, 0.2) is 48.5 Å². The third-order valence-corrected chi connectivity index (χ3v) is 4.24. The normalized spacial score (nSPS) is 22.1. The lowest BCUT2D eigenvalue weighted by molar-refractivity contribution is 0.135. The fourth-order valence-electron chi connectivity index (χ4n) is 2.93. The van der Waals surface area contributed by atoms with Crippen molar-refractivity contribution in [3.63, 3.8) is 0 Å². The second-order valence-electron chi connectivity index (χ2n) is 5.46. The van der Waals surface area contributed by atoms with E-state index in [0.29, 0.717) is 10.6 Å². The lowest BCUT2D eigenvalue weighted by Crippen LogP contribution is -2.30. The molecule has 2 N–H and O–H groups in total. The molecule has 2 nitrogen and oxygen atoms in total. The van der Waals surface area contributed by atoms with E-state index in [1.165, 1.54) is 12.1 Å². The predicted molar refractivity (Wildman–Crippen MR) is 89.0 cm³/mol. The van der Waals surface area contributed by atoms with Gasteiger partial charge in [-0.15, -0.1) is 12.4 Å². The van der Waals surface area contributed by atoms with Crippen molar-refractivity contribution < 1.29 is 9.50 Å². The Kier molecular flexibility index (Phi) is 5.81. The summed E-state index contributed by atoms with van der Waals surface area (Å²) in [6.07, 6.45) is 1.07. The van der Waals surface area contributed by atoms with Gasteiger partial charge in [-0.3, -0.25) is 0 Å². The zero-order valence-corrected chi connectivity index (χ0v) is 13.4. The maximum Gasteiger partial charge on any atom is 0.123 e. The molecule has 3 rings (SSSR count). The molecule has 0 spiro atoms. The molecule has 3 atom stereocenters. The van der Waals surface area contributed by atoms with Crippen LogP contribution in [0, 0.1) is 5.82 Å². The lowest BCUT2D eigenvalue weighted by atomic mass is 10.0. The fraction of sp³-hybridized carbons (Fsp3) is 0.294. The number of halogens is 3. The highest BCUT2D eigenvalue weighted by Gasteiger charge is 2.30. The smallest absolute Gasteiger partial charge is 0.123 e. The van der Waals surface area contributed by atoms with Gasteiger partial charge in [-0.05, 0) is 48.2 Å². The highest BCUT2D eigenvalue weighted by Crippen LogP contribution is 2.33. The predicted octanol–water partition coefficient (Wildman–Crippen LogP) is 4.43. The molecule has 0 amide bonds. The average molecular weight is 342 g/mol. The molecule has 5 heteroatoms. The number of hydrogen-bond acceptors (Lipinski definition) is 2. The van der Waals surface area contributed by atoms with Gasteiger partial charge < -0.3 is 10.4 Å². The van der Waals surface area contributed by atoms with Crippen LogP contribution in [0.25, 0.3) is 0 Å². The van der Waals surface area contributed by atoms with Crippen LogP contribution in [0.2, 0.25) is 5.02 Å². The second-order valence-corrected chi connectivity index (χ2v) is 5.89. The van der Waals surface area contributed by atoms with E-state index in [2.05, 4.69) is 5.32 Å². The molecule has 22 heavy (non-hydrogen) atoms. The molecule has 118 valence electrons. The number of hydrogen-bond donors (Lipinski definition) is 2. The lowest BCUT2D eigenvalue weighted by Gasteiger charge is -2.20. The Morgan fingerprint density at radius 3 is 2.64 bits per heavy atom. The van der Waals surface area contributed by atoms with E-state index in [1.807, 2.05) is 24.3 Å². The van der Waals surface area contributed by atoms with Crippen LogP contribution in [0.3, 0.4) is 0 Å². The molecule has 1 fully saturated rings. The molecule has 1 heterocycles. The monoisotopic (exact) mass is 341 g/mol. The summed E-state index contributed by atoms with van der Waals surface area (Å²) in [5.74, 6) is -0.323. The number of rotatable bonds is 3. The number of nitrogens with one attached hydrogen (secondary N) is 1. The van der Waals surface area contributed by atoms with Crippen LogP contribution in [0.4, 0.5) is 4.39 Å². The summed E-state index contributed by atoms with van der Waals surface area (Å²) in [7, 11) is 0. The Morgan fingerprint density at radius 2 is 1.91 bits per heavy atom. The topological polar surface area (TPSA) is 32.3 Å². The molecule has 0 radical (unpaired) electrons. The van der Waals surface area contributed by atoms with Gasteiger partial charge in [0.1, 0.15) is 5.82 Å². The van der Waals surface area contributed by atoms with Gasteiger partial charge in [0.05, 0.1) is 6.10 Å². The van der Waals surface area contributed by atoms with Crippen molar-refractivity contribution in [3.8, 4) is 0 Å². The maximum atomic E-state index is 13.3. The van der Waals surface area contributed by atoms with Gasteiger partial charge in [0.25, 0.3) is 0 Å². The van der Waals surface area contributed by atoms with E-state index < -0.39 is 6.10 Å². The molecule has 2 aromatic carbocycles. The summed E-state index contributed by atoms with van der Waals surface area (Å²) in [4.78, 5) is 0. The number of aliphatic hydroxyl groups is 1. The fourth-order valence-corrected chi connectivity index (χ4v) is 3.13. The van der Waals surface area contributed by atoms with Crippen LogP contribution < -0.4 is 5.32 Å². The van der Waals surface area contributed by atoms with E-state index in [9.17, 15) is 9.50 Å². The first-order valence-corrected chi connectivity index (χ1v) is 7.46. The molecule has 1 aliphatic heterocycles. The third kappa shape index (κ3) is 3.79. The number of aliphatic hydroxyl groups excluding tert-OH is 1. The Hall–Kier alpha value is -1.13. The summed E-state index contributed by atoms with van der Waals surface area (Å²) in [5.41, 5.74) is 1.73. The van der Waals surface area contributed by atoms with Crippen LogP contribution >= 0.6 is 24.0 Å². The van der Waals surface area contributed by atoms with Crippen molar-refractivity contribution in [1.29, 1.82) is 0 Å². The van der Waals surface area contributed by atoms with E-state index in [1.54, 1.807) is 12.1 Å². The summed E-state index contributed by atoms with van der Waals surface area (Å²) in [6, 6.07) is 14.0. The third-order valence-electron chi connectivity index (χ3n) is 4.00. The van der Waals surface area contributed by atoms with Crippen LogP contribution in [0.1, 0.15) is 36.1 Å². The second kappa shape index (κ2) is 7.42.